The number of aromatic nitrogens is 1. The minimum absolute atomic E-state index is 0.470. The third-order valence-electron chi connectivity index (χ3n) is 6.56. The second-order valence-corrected chi connectivity index (χ2v) is 10.5. The predicted octanol–water partition coefficient (Wildman–Crippen LogP) is 6.34. The van der Waals surface area contributed by atoms with Crippen LogP contribution < -0.4 is 5.32 Å². The van der Waals surface area contributed by atoms with Crippen molar-refractivity contribution in [2.45, 2.75) is 77.8 Å². The van der Waals surface area contributed by atoms with E-state index in [1.807, 2.05) is 0 Å². The molecule has 0 aliphatic heterocycles. The van der Waals surface area contributed by atoms with Gasteiger partial charge in [-0.25, -0.2) is 0 Å². The molecular formula is C22H31IN2. The van der Waals surface area contributed by atoms with Crippen LogP contribution in [0.4, 0.5) is 0 Å². The normalized spacial score (nSPS) is 27.4. The maximum atomic E-state index is 4.03. The van der Waals surface area contributed by atoms with Crippen LogP contribution in [0.5, 0.6) is 0 Å². The summed E-state index contributed by atoms with van der Waals surface area (Å²) in [5.41, 5.74) is 4.83. The lowest BCUT2D eigenvalue weighted by Gasteiger charge is -2.39. The zero-order valence-corrected chi connectivity index (χ0v) is 17.9. The fourth-order valence-corrected chi connectivity index (χ4v) is 5.50. The van der Waals surface area contributed by atoms with Crippen molar-refractivity contribution in [1.82, 2.24) is 10.3 Å². The third kappa shape index (κ3) is 3.64. The van der Waals surface area contributed by atoms with E-state index in [2.05, 4.69) is 71.9 Å². The van der Waals surface area contributed by atoms with Crippen molar-refractivity contribution < 1.29 is 0 Å². The zero-order valence-electron chi connectivity index (χ0n) is 15.8. The van der Waals surface area contributed by atoms with Gasteiger partial charge in [-0.3, -0.25) is 0 Å². The van der Waals surface area contributed by atoms with E-state index < -0.39 is 0 Å². The molecule has 1 saturated carbocycles. The molecule has 2 nitrogen and oxygen atoms in total. The highest BCUT2D eigenvalue weighted by Gasteiger charge is 2.32. The molecule has 2 N–H and O–H groups in total. The third-order valence-corrected chi connectivity index (χ3v) is 7.23. The Morgan fingerprint density at radius 1 is 1.08 bits per heavy atom. The molecule has 0 radical (unpaired) electrons. The number of halogens is 1. The van der Waals surface area contributed by atoms with E-state index in [0.29, 0.717) is 17.5 Å². The lowest BCUT2D eigenvalue weighted by Crippen LogP contribution is -2.39. The van der Waals surface area contributed by atoms with Gasteiger partial charge in [-0.2, -0.15) is 0 Å². The lowest BCUT2D eigenvalue weighted by atomic mass is 9.71. The number of fused-ring (bicyclic) bond motifs is 3. The molecule has 3 heteroatoms. The Bertz CT molecular complexity index is 747. The predicted molar refractivity (Wildman–Crippen MR) is 115 cm³/mol. The summed E-state index contributed by atoms with van der Waals surface area (Å²) in [5.74, 6) is 0.891. The van der Waals surface area contributed by atoms with Crippen LogP contribution in [0.15, 0.2) is 18.2 Å². The quantitative estimate of drug-likeness (QED) is 0.513. The molecular weight excluding hydrogens is 419 g/mol. The number of nitrogens with one attached hydrogen (secondary N) is 2. The van der Waals surface area contributed by atoms with Crippen LogP contribution >= 0.6 is 22.6 Å². The average molecular weight is 450 g/mol. The van der Waals surface area contributed by atoms with Crippen LogP contribution in [0.2, 0.25) is 0 Å². The minimum Gasteiger partial charge on any atom is -0.357 e. The Labute approximate surface area is 165 Å². The summed E-state index contributed by atoms with van der Waals surface area (Å²) in [6.45, 7) is 7.22. The minimum atomic E-state index is 0.470. The van der Waals surface area contributed by atoms with Gasteiger partial charge in [0.1, 0.15) is 0 Å². The second-order valence-electron chi connectivity index (χ2n) is 9.23. The van der Waals surface area contributed by atoms with Gasteiger partial charge in [-0.15, -0.1) is 0 Å². The number of rotatable bonds is 2. The Kier molecular flexibility index (Phi) is 4.91. The van der Waals surface area contributed by atoms with E-state index in [4.69, 9.17) is 0 Å². The molecule has 1 unspecified atom stereocenters. The maximum Gasteiger partial charge on any atom is 0.0478 e. The highest BCUT2D eigenvalue weighted by atomic mass is 127. The fourth-order valence-electron chi connectivity index (χ4n) is 5.01. The number of hydrogen-bond donors (Lipinski definition) is 2. The molecule has 0 saturated heterocycles. The largest absolute Gasteiger partial charge is 0.357 e. The van der Waals surface area contributed by atoms with E-state index >= 15 is 0 Å². The van der Waals surface area contributed by atoms with Gasteiger partial charge in [-0.1, -0.05) is 20.8 Å². The maximum absolute atomic E-state index is 4.03. The van der Waals surface area contributed by atoms with Crippen molar-refractivity contribution in [1.29, 1.82) is 0 Å². The zero-order chi connectivity index (χ0) is 17.6. The molecule has 4 rings (SSSR count). The fraction of sp³-hybridized carbons (Fsp3) is 0.636. The molecule has 0 spiro atoms. The van der Waals surface area contributed by atoms with Crippen LogP contribution in [-0.4, -0.2) is 11.0 Å². The first kappa shape index (κ1) is 17.8. The van der Waals surface area contributed by atoms with Crippen molar-refractivity contribution in [3.05, 3.63) is 33.0 Å². The summed E-state index contributed by atoms with van der Waals surface area (Å²) in [4.78, 5) is 3.75. The second kappa shape index (κ2) is 6.88. The molecule has 1 aromatic carbocycles. The van der Waals surface area contributed by atoms with E-state index in [0.717, 1.165) is 5.92 Å². The van der Waals surface area contributed by atoms with E-state index in [-0.39, 0.29) is 0 Å². The summed E-state index contributed by atoms with van der Waals surface area (Å²) in [5, 5.41) is 5.48. The first-order chi connectivity index (χ1) is 11.9. The highest BCUT2D eigenvalue weighted by Crippen LogP contribution is 2.40. The van der Waals surface area contributed by atoms with E-state index in [9.17, 15) is 0 Å². The van der Waals surface area contributed by atoms with Crippen LogP contribution in [0.25, 0.3) is 10.9 Å². The van der Waals surface area contributed by atoms with Gasteiger partial charge in [-0.05, 0) is 103 Å². The number of aryl methyl sites for hydroxylation is 1. The summed E-state index contributed by atoms with van der Waals surface area (Å²) in [7, 11) is 0. The van der Waals surface area contributed by atoms with Crippen molar-refractivity contribution >= 4 is 33.5 Å². The summed E-state index contributed by atoms with van der Waals surface area (Å²) in [6.07, 6.45) is 9.25. The number of aromatic amines is 1. The monoisotopic (exact) mass is 450 g/mol. The highest BCUT2D eigenvalue weighted by molar-refractivity contribution is 14.1. The first-order valence-electron chi connectivity index (χ1n) is 9.98. The smallest absolute Gasteiger partial charge is 0.0478 e. The molecule has 0 amide bonds. The Morgan fingerprint density at radius 3 is 2.56 bits per heavy atom. The van der Waals surface area contributed by atoms with E-state index in [1.54, 1.807) is 5.56 Å². The number of H-pyrrole nitrogens is 1. The van der Waals surface area contributed by atoms with Gasteiger partial charge in [0.25, 0.3) is 0 Å². The summed E-state index contributed by atoms with van der Waals surface area (Å²) >= 11 is 2.43. The number of benzene rings is 1. The topological polar surface area (TPSA) is 27.8 Å². The van der Waals surface area contributed by atoms with Gasteiger partial charge < -0.3 is 10.3 Å². The first-order valence-corrected chi connectivity index (χ1v) is 11.1. The molecule has 0 bridgehead atoms. The molecule has 2 aliphatic carbocycles. The summed E-state index contributed by atoms with van der Waals surface area (Å²) < 4.78 is 1.34. The molecule has 2 aromatic rings. The number of hydrogen-bond acceptors (Lipinski definition) is 1. The summed E-state index contributed by atoms with van der Waals surface area (Å²) in [6, 6.07) is 8.02. The Morgan fingerprint density at radius 2 is 1.84 bits per heavy atom. The van der Waals surface area contributed by atoms with E-state index in [1.165, 1.54) is 65.1 Å². The Hall–Kier alpha value is -0.550. The molecule has 25 heavy (non-hydrogen) atoms. The molecule has 1 aromatic heterocycles. The van der Waals surface area contributed by atoms with Crippen molar-refractivity contribution in [2.75, 3.05) is 0 Å². The van der Waals surface area contributed by atoms with Crippen LogP contribution in [0.1, 0.15) is 76.6 Å². The van der Waals surface area contributed by atoms with Gasteiger partial charge in [0.15, 0.2) is 0 Å². The molecule has 1 fully saturated rings. The van der Waals surface area contributed by atoms with Gasteiger partial charge in [0, 0.05) is 32.3 Å². The van der Waals surface area contributed by atoms with Gasteiger partial charge >= 0.3 is 0 Å². The molecule has 1 heterocycles. The molecule has 136 valence electrons. The van der Waals surface area contributed by atoms with Crippen LogP contribution in [-0.2, 0) is 6.42 Å². The van der Waals surface area contributed by atoms with Gasteiger partial charge in [0.2, 0.25) is 0 Å². The van der Waals surface area contributed by atoms with Crippen LogP contribution in [0.3, 0.4) is 0 Å². The standard InChI is InChI=1S/C22H31IN2/c1-22(2,3)14-7-10-16(11-8-14)24-20-6-4-5-17-18-13-15(23)9-12-19(18)25-21(17)20/h9,12-14,16,20,24-25H,4-8,10-11H2,1-3H3. The van der Waals surface area contributed by atoms with Crippen molar-refractivity contribution in [3.63, 3.8) is 0 Å². The van der Waals surface area contributed by atoms with Crippen molar-refractivity contribution in [2.24, 2.45) is 11.3 Å². The SMILES string of the molecule is CC(C)(C)C1CCC(NC2CCCc3c2[nH]c2ccc(I)cc32)CC1. The lowest BCUT2D eigenvalue weighted by molar-refractivity contribution is 0.154. The van der Waals surface area contributed by atoms with Crippen LogP contribution in [0, 0.1) is 14.9 Å². The van der Waals surface area contributed by atoms with Crippen molar-refractivity contribution in [3.8, 4) is 0 Å². The molecule has 2 aliphatic rings. The van der Waals surface area contributed by atoms with Gasteiger partial charge in [0.05, 0.1) is 0 Å². The average Bonchev–Trinajstić information content (AvgIpc) is 2.94. The Balaban J connectivity index is 1.50. The molecule has 1 atom stereocenters.